The normalized spacial score (nSPS) is 11.8. The lowest BCUT2D eigenvalue weighted by atomic mass is 10.3. The van der Waals surface area contributed by atoms with Gasteiger partial charge in [-0.25, -0.2) is 4.68 Å². The van der Waals surface area contributed by atoms with E-state index < -0.39 is 3.79 Å². The Kier molecular flexibility index (Phi) is 3.15. The van der Waals surface area contributed by atoms with Gasteiger partial charge in [-0.1, -0.05) is 53.0 Å². The van der Waals surface area contributed by atoms with Crippen LogP contribution in [0.25, 0.3) is 5.69 Å². The molecule has 0 amide bonds. The second kappa shape index (κ2) is 4.28. The van der Waals surface area contributed by atoms with E-state index in [9.17, 15) is 0 Å². The Hall–Kier alpha value is -0.700. The summed E-state index contributed by atoms with van der Waals surface area (Å²) in [5, 5.41) is 4.31. The van der Waals surface area contributed by atoms with Gasteiger partial charge in [0.15, 0.2) is 0 Å². The number of nitrogens with zero attached hydrogens (tertiary/aromatic N) is 2. The Labute approximate surface area is 109 Å². The molecule has 0 saturated heterocycles. The van der Waals surface area contributed by atoms with Gasteiger partial charge in [-0.3, -0.25) is 0 Å². The van der Waals surface area contributed by atoms with Gasteiger partial charge in [0.2, 0.25) is 3.79 Å². The average molecular weight is 276 g/mol. The smallest absolute Gasteiger partial charge is 0.232 e. The van der Waals surface area contributed by atoms with Crippen LogP contribution in [0, 0.1) is 6.92 Å². The Morgan fingerprint density at radius 2 is 1.75 bits per heavy atom. The topological polar surface area (TPSA) is 17.8 Å². The Balaban J connectivity index is 2.58. The summed E-state index contributed by atoms with van der Waals surface area (Å²) in [6.45, 7) is 1.86. The van der Waals surface area contributed by atoms with Crippen molar-refractivity contribution in [3.05, 3.63) is 47.8 Å². The van der Waals surface area contributed by atoms with Crippen LogP contribution in [0.15, 0.2) is 36.4 Å². The minimum absolute atomic E-state index is 0.543. The first-order chi connectivity index (χ1) is 7.48. The van der Waals surface area contributed by atoms with Crippen molar-refractivity contribution in [3.8, 4) is 5.69 Å². The first-order valence-electron chi connectivity index (χ1n) is 4.68. The van der Waals surface area contributed by atoms with E-state index in [1.807, 2.05) is 37.3 Å². The molecule has 1 aromatic carbocycles. The monoisotopic (exact) mass is 274 g/mol. The van der Waals surface area contributed by atoms with Crippen molar-refractivity contribution < 1.29 is 0 Å². The van der Waals surface area contributed by atoms with Crippen LogP contribution < -0.4 is 0 Å². The summed E-state index contributed by atoms with van der Waals surface area (Å²) in [6, 6.07) is 11.3. The number of alkyl halides is 3. The molecule has 1 heterocycles. The number of benzene rings is 1. The molecule has 84 valence electrons. The number of aryl methyl sites for hydroxylation is 1. The van der Waals surface area contributed by atoms with Gasteiger partial charge < -0.3 is 0 Å². The lowest BCUT2D eigenvalue weighted by molar-refractivity contribution is 0.811. The largest absolute Gasteiger partial charge is 0.233 e. The van der Waals surface area contributed by atoms with E-state index in [1.54, 1.807) is 10.7 Å². The zero-order valence-electron chi connectivity index (χ0n) is 8.49. The van der Waals surface area contributed by atoms with E-state index in [1.165, 1.54) is 0 Å². The van der Waals surface area contributed by atoms with E-state index in [0.29, 0.717) is 5.69 Å². The minimum Gasteiger partial charge on any atom is -0.233 e. The van der Waals surface area contributed by atoms with Gasteiger partial charge in [-0.15, -0.1) is 0 Å². The van der Waals surface area contributed by atoms with Gasteiger partial charge in [-0.05, 0) is 25.1 Å². The summed E-state index contributed by atoms with van der Waals surface area (Å²) in [5.74, 6) is 0. The molecule has 2 nitrogen and oxygen atoms in total. The van der Waals surface area contributed by atoms with Gasteiger partial charge in [0, 0.05) is 0 Å². The van der Waals surface area contributed by atoms with Crippen molar-refractivity contribution in [3.63, 3.8) is 0 Å². The van der Waals surface area contributed by atoms with Gasteiger partial charge in [0.25, 0.3) is 0 Å². The van der Waals surface area contributed by atoms with Gasteiger partial charge in [0.1, 0.15) is 0 Å². The molecule has 0 aliphatic carbocycles. The summed E-state index contributed by atoms with van der Waals surface area (Å²) in [5.41, 5.74) is 2.23. The molecule has 0 atom stereocenters. The first-order valence-corrected chi connectivity index (χ1v) is 5.81. The zero-order chi connectivity index (χ0) is 11.8. The van der Waals surface area contributed by atoms with Crippen molar-refractivity contribution >= 4 is 34.8 Å². The molecule has 0 unspecified atom stereocenters. The summed E-state index contributed by atoms with van der Waals surface area (Å²) in [4.78, 5) is 0. The van der Waals surface area contributed by atoms with E-state index in [-0.39, 0.29) is 0 Å². The first kappa shape index (κ1) is 11.8. The lowest BCUT2D eigenvalue weighted by Gasteiger charge is -2.13. The molecule has 2 rings (SSSR count). The molecule has 0 radical (unpaired) electrons. The number of rotatable bonds is 1. The number of aromatic nitrogens is 2. The fourth-order valence-electron chi connectivity index (χ4n) is 1.47. The lowest BCUT2D eigenvalue weighted by Crippen LogP contribution is -2.10. The molecule has 0 saturated carbocycles. The minimum atomic E-state index is -1.48. The fraction of sp³-hybridized carbons (Fsp3) is 0.182. The van der Waals surface area contributed by atoms with Crippen molar-refractivity contribution in [1.29, 1.82) is 0 Å². The molecule has 0 bridgehead atoms. The number of para-hydroxylation sites is 1. The van der Waals surface area contributed by atoms with Crippen LogP contribution in [0.3, 0.4) is 0 Å². The van der Waals surface area contributed by atoms with Crippen molar-refractivity contribution in [2.24, 2.45) is 0 Å². The summed E-state index contributed by atoms with van der Waals surface area (Å²) >= 11 is 17.7. The van der Waals surface area contributed by atoms with Crippen LogP contribution >= 0.6 is 34.8 Å². The zero-order valence-corrected chi connectivity index (χ0v) is 10.8. The van der Waals surface area contributed by atoms with Crippen LogP contribution in [0.1, 0.15) is 11.4 Å². The SMILES string of the molecule is Cc1cc(C(Cl)(Cl)Cl)n(-c2ccccc2)n1. The maximum Gasteiger partial charge on any atom is 0.232 e. The van der Waals surface area contributed by atoms with Gasteiger partial charge >= 0.3 is 0 Å². The number of hydrogen-bond donors (Lipinski definition) is 0. The van der Waals surface area contributed by atoms with E-state index >= 15 is 0 Å². The van der Waals surface area contributed by atoms with Crippen molar-refractivity contribution in [2.75, 3.05) is 0 Å². The molecule has 0 N–H and O–H groups in total. The molecule has 16 heavy (non-hydrogen) atoms. The standard InChI is InChI=1S/C11H9Cl3N2/c1-8-7-10(11(12,13)14)16(15-8)9-5-3-2-4-6-9/h2-7H,1H3. The summed E-state index contributed by atoms with van der Waals surface area (Å²) in [6.07, 6.45) is 0. The van der Waals surface area contributed by atoms with E-state index in [4.69, 9.17) is 34.8 Å². The van der Waals surface area contributed by atoms with E-state index in [0.717, 1.165) is 11.4 Å². The maximum absolute atomic E-state index is 5.90. The predicted octanol–water partition coefficient (Wildman–Crippen LogP) is 4.01. The van der Waals surface area contributed by atoms with Crippen LogP contribution in [0.5, 0.6) is 0 Å². The predicted molar refractivity (Wildman–Crippen MR) is 67.5 cm³/mol. The summed E-state index contributed by atoms with van der Waals surface area (Å²) in [7, 11) is 0. The molecule has 0 aliphatic heterocycles. The van der Waals surface area contributed by atoms with Crippen LogP contribution in [-0.4, -0.2) is 9.78 Å². The molecule has 0 fully saturated rings. The number of halogens is 3. The highest BCUT2D eigenvalue weighted by atomic mass is 35.6. The van der Waals surface area contributed by atoms with Gasteiger partial charge in [-0.2, -0.15) is 5.10 Å². The molecule has 2 aromatic rings. The van der Waals surface area contributed by atoms with Crippen LogP contribution in [0.2, 0.25) is 0 Å². The van der Waals surface area contributed by atoms with Crippen molar-refractivity contribution in [2.45, 2.75) is 10.7 Å². The number of hydrogen-bond acceptors (Lipinski definition) is 1. The van der Waals surface area contributed by atoms with Crippen molar-refractivity contribution in [1.82, 2.24) is 9.78 Å². The second-order valence-electron chi connectivity index (χ2n) is 3.42. The Morgan fingerprint density at radius 1 is 1.12 bits per heavy atom. The molecule has 1 aromatic heterocycles. The maximum atomic E-state index is 5.90. The summed E-state index contributed by atoms with van der Waals surface area (Å²) < 4.78 is 0.166. The fourth-order valence-corrected chi connectivity index (χ4v) is 1.87. The highest BCUT2D eigenvalue weighted by molar-refractivity contribution is 6.66. The van der Waals surface area contributed by atoms with E-state index in [2.05, 4.69) is 5.10 Å². The second-order valence-corrected chi connectivity index (χ2v) is 5.70. The molecular weight excluding hydrogens is 266 g/mol. The van der Waals surface area contributed by atoms with Crippen LogP contribution in [0.4, 0.5) is 0 Å². The molecule has 0 aliphatic rings. The average Bonchev–Trinajstić information content (AvgIpc) is 2.61. The third-order valence-corrected chi connectivity index (χ3v) is 2.70. The Morgan fingerprint density at radius 3 is 2.31 bits per heavy atom. The van der Waals surface area contributed by atoms with Gasteiger partial charge in [0.05, 0.1) is 17.1 Å². The quantitative estimate of drug-likeness (QED) is 0.719. The highest BCUT2D eigenvalue weighted by Crippen LogP contribution is 2.39. The van der Waals surface area contributed by atoms with Crippen LogP contribution in [-0.2, 0) is 3.79 Å². The molecule has 0 spiro atoms. The third-order valence-electron chi connectivity index (χ3n) is 2.12. The Bertz CT molecular complexity index is 486. The third kappa shape index (κ3) is 2.34. The highest BCUT2D eigenvalue weighted by Gasteiger charge is 2.28. The molecule has 5 heteroatoms. The molecular formula is C11H9Cl3N2.